The topological polar surface area (TPSA) is 81.2 Å². The highest BCUT2D eigenvalue weighted by Crippen LogP contribution is 2.20. The Kier molecular flexibility index (Phi) is 2.99. The van der Waals surface area contributed by atoms with E-state index in [1.54, 1.807) is 0 Å². The third kappa shape index (κ3) is 2.57. The van der Waals surface area contributed by atoms with Gasteiger partial charge in [-0.3, -0.25) is 10.1 Å². The molecule has 1 aromatic carbocycles. The van der Waals surface area contributed by atoms with E-state index in [4.69, 9.17) is 4.42 Å². The summed E-state index contributed by atoms with van der Waals surface area (Å²) in [4.78, 5) is 13.5. The lowest BCUT2D eigenvalue weighted by atomic mass is 10.2. The number of nitro groups is 1. The fourth-order valence-corrected chi connectivity index (χ4v) is 1.27. The normalized spacial score (nSPS) is 10.2. The summed E-state index contributed by atoms with van der Waals surface area (Å²) < 4.78 is 18.4. The van der Waals surface area contributed by atoms with Gasteiger partial charge in [0, 0.05) is 6.07 Å². The quantitative estimate of drug-likeness (QED) is 0.651. The summed E-state index contributed by atoms with van der Waals surface area (Å²) in [7, 11) is 0. The molecule has 1 heterocycles. The molecule has 0 radical (unpaired) electrons. The third-order valence-corrected chi connectivity index (χ3v) is 2.10. The van der Waals surface area contributed by atoms with Crippen LogP contribution in [-0.4, -0.2) is 9.91 Å². The van der Waals surface area contributed by atoms with Crippen LogP contribution in [0.2, 0.25) is 0 Å². The van der Waals surface area contributed by atoms with E-state index in [0.717, 1.165) is 6.07 Å². The number of nitrogens with zero attached hydrogens (tertiary/aromatic N) is 2. The van der Waals surface area contributed by atoms with Crippen molar-refractivity contribution in [1.82, 2.24) is 4.98 Å². The first-order valence-corrected chi connectivity index (χ1v) is 4.72. The van der Waals surface area contributed by atoms with Gasteiger partial charge >= 0.3 is 0 Å². The number of hydrogen-bond acceptors (Lipinski definition) is 5. The first-order chi connectivity index (χ1) is 8.16. The lowest BCUT2D eigenvalue weighted by Gasteiger charge is -2.04. The van der Waals surface area contributed by atoms with Crippen molar-refractivity contribution in [3.63, 3.8) is 0 Å². The standard InChI is InChI=1S/C10H8FN3O3/c11-9-3-7(14(15)16)1-2-10(9)13-5-8-4-12-6-17-8/h1-4,6,13H,5H2. The molecule has 1 N–H and O–H groups in total. The highest BCUT2D eigenvalue weighted by molar-refractivity contribution is 5.50. The number of anilines is 1. The van der Waals surface area contributed by atoms with Crippen LogP contribution in [0.3, 0.4) is 0 Å². The number of halogens is 1. The second-order valence-corrected chi connectivity index (χ2v) is 3.24. The molecule has 0 saturated heterocycles. The largest absolute Gasteiger partial charge is 0.447 e. The summed E-state index contributed by atoms with van der Waals surface area (Å²) in [5, 5.41) is 13.2. The van der Waals surface area contributed by atoms with Crippen LogP contribution >= 0.6 is 0 Å². The number of benzene rings is 1. The molecule has 0 aliphatic rings. The number of non-ortho nitro benzene ring substituents is 1. The molecule has 2 aromatic rings. The van der Waals surface area contributed by atoms with Crippen LogP contribution in [0.5, 0.6) is 0 Å². The molecule has 0 fully saturated rings. The van der Waals surface area contributed by atoms with Gasteiger partial charge < -0.3 is 9.73 Å². The SMILES string of the molecule is O=[N+]([O-])c1ccc(NCc2cnco2)c(F)c1. The van der Waals surface area contributed by atoms with Crippen molar-refractivity contribution in [2.75, 3.05) is 5.32 Å². The fourth-order valence-electron chi connectivity index (χ4n) is 1.27. The van der Waals surface area contributed by atoms with Crippen molar-refractivity contribution >= 4 is 11.4 Å². The molecule has 17 heavy (non-hydrogen) atoms. The smallest absolute Gasteiger partial charge is 0.272 e. The molecule has 0 unspecified atom stereocenters. The second kappa shape index (κ2) is 4.60. The molecular weight excluding hydrogens is 229 g/mol. The van der Waals surface area contributed by atoms with Gasteiger partial charge in [-0.2, -0.15) is 0 Å². The Hall–Kier alpha value is -2.44. The van der Waals surface area contributed by atoms with Gasteiger partial charge in [0.05, 0.1) is 29.4 Å². The lowest BCUT2D eigenvalue weighted by molar-refractivity contribution is -0.385. The van der Waals surface area contributed by atoms with E-state index in [2.05, 4.69) is 10.3 Å². The molecule has 0 aliphatic heterocycles. The molecule has 0 aliphatic carbocycles. The van der Waals surface area contributed by atoms with Crippen molar-refractivity contribution < 1.29 is 13.7 Å². The van der Waals surface area contributed by atoms with Gasteiger partial charge in [-0.05, 0) is 6.07 Å². The Bertz CT molecular complexity index is 528. The zero-order valence-corrected chi connectivity index (χ0v) is 8.59. The van der Waals surface area contributed by atoms with Crippen LogP contribution in [0.1, 0.15) is 5.76 Å². The van der Waals surface area contributed by atoms with Gasteiger partial charge in [0.2, 0.25) is 0 Å². The molecule has 1 aromatic heterocycles. The predicted octanol–water partition coefficient (Wildman–Crippen LogP) is 2.33. The molecule has 0 amide bonds. The number of rotatable bonds is 4. The van der Waals surface area contributed by atoms with Gasteiger partial charge in [-0.1, -0.05) is 0 Å². The molecule has 6 nitrogen and oxygen atoms in total. The molecule has 2 rings (SSSR count). The number of nitrogens with one attached hydrogen (secondary N) is 1. The van der Waals surface area contributed by atoms with Gasteiger partial charge in [-0.25, -0.2) is 9.37 Å². The van der Waals surface area contributed by atoms with E-state index in [9.17, 15) is 14.5 Å². The van der Waals surface area contributed by atoms with Crippen LogP contribution in [0.25, 0.3) is 0 Å². The van der Waals surface area contributed by atoms with E-state index in [0.29, 0.717) is 5.76 Å². The monoisotopic (exact) mass is 237 g/mol. The second-order valence-electron chi connectivity index (χ2n) is 3.24. The van der Waals surface area contributed by atoms with Gasteiger partial charge in [0.15, 0.2) is 12.2 Å². The van der Waals surface area contributed by atoms with Crippen molar-refractivity contribution in [2.24, 2.45) is 0 Å². The molecule has 88 valence electrons. The van der Waals surface area contributed by atoms with Crippen LogP contribution < -0.4 is 5.32 Å². The van der Waals surface area contributed by atoms with Crippen molar-refractivity contribution in [3.05, 3.63) is 52.5 Å². The van der Waals surface area contributed by atoms with Crippen molar-refractivity contribution in [2.45, 2.75) is 6.54 Å². The maximum absolute atomic E-state index is 13.4. The molecule has 0 saturated carbocycles. The van der Waals surface area contributed by atoms with E-state index < -0.39 is 10.7 Å². The Morgan fingerprint density at radius 1 is 1.53 bits per heavy atom. The minimum Gasteiger partial charge on any atom is -0.447 e. The Morgan fingerprint density at radius 2 is 2.35 bits per heavy atom. The molecule has 0 spiro atoms. The van der Waals surface area contributed by atoms with Crippen LogP contribution in [0.15, 0.2) is 35.2 Å². The maximum Gasteiger partial charge on any atom is 0.272 e. The number of hydrogen-bond donors (Lipinski definition) is 1. The van der Waals surface area contributed by atoms with E-state index in [1.807, 2.05) is 0 Å². The first kappa shape index (κ1) is 11.1. The maximum atomic E-state index is 13.4. The summed E-state index contributed by atoms with van der Waals surface area (Å²) >= 11 is 0. The van der Waals surface area contributed by atoms with Crippen molar-refractivity contribution in [1.29, 1.82) is 0 Å². The van der Waals surface area contributed by atoms with Crippen LogP contribution in [0, 0.1) is 15.9 Å². The van der Waals surface area contributed by atoms with Gasteiger partial charge in [-0.15, -0.1) is 0 Å². The molecule has 7 heteroatoms. The fraction of sp³-hybridized carbons (Fsp3) is 0.100. The summed E-state index contributed by atoms with van der Waals surface area (Å²) in [6.07, 6.45) is 2.76. The third-order valence-electron chi connectivity index (χ3n) is 2.10. The molecule has 0 bridgehead atoms. The Balaban J connectivity index is 2.09. The van der Waals surface area contributed by atoms with E-state index in [-0.39, 0.29) is 17.9 Å². The highest BCUT2D eigenvalue weighted by Gasteiger charge is 2.10. The van der Waals surface area contributed by atoms with Crippen LogP contribution in [0.4, 0.5) is 15.8 Å². The first-order valence-electron chi connectivity index (χ1n) is 4.72. The average Bonchev–Trinajstić information content (AvgIpc) is 2.80. The lowest BCUT2D eigenvalue weighted by Crippen LogP contribution is -2.01. The van der Waals surface area contributed by atoms with Crippen LogP contribution in [-0.2, 0) is 6.54 Å². The summed E-state index contributed by atoms with van der Waals surface area (Å²) in [6.45, 7) is 0.259. The number of oxazole rings is 1. The highest BCUT2D eigenvalue weighted by atomic mass is 19.1. The summed E-state index contributed by atoms with van der Waals surface area (Å²) in [5.74, 6) is -0.138. The Morgan fingerprint density at radius 3 is 2.94 bits per heavy atom. The summed E-state index contributed by atoms with van der Waals surface area (Å²) in [5.41, 5.74) is -0.111. The van der Waals surface area contributed by atoms with Crippen molar-refractivity contribution in [3.8, 4) is 0 Å². The summed E-state index contributed by atoms with van der Waals surface area (Å²) in [6, 6.07) is 3.40. The van der Waals surface area contributed by atoms with E-state index in [1.165, 1.54) is 24.7 Å². The van der Waals surface area contributed by atoms with E-state index >= 15 is 0 Å². The minimum atomic E-state index is -0.682. The van der Waals surface area contributed by atoms with Gasteiger partial charge in [0.1, 0.15) is 5.76 Å². The number of nitro benzene ring substituents is 1. The Labute approximate surface area is 95.2 Å². The minimum absolute atomic E-state index is 0.173. The zero-order valence-electron chi connectivity index (χ0n) is 8.59. The van der Waals surface area contributed by atoms with Gasteiger partial charge in [0.25, 0.3) is 5.69 Å². The molecular formula is C10H8FN3O3. The number of aromatic nitrogens is 1. The zero-order chi connectivity index (χ0) is 12.3. The molecule has 0 atom stereocenters. The average molecular weight is 237 g/mol. The predicted molar refractivity (Wildman–Crippen MR) is 56.9 cm³/mol.